The van der Waals surface area contributed by atoms with Gasteiger partial charge >= 0.3 is 4.83 Å². The third-order valence-corrected chi connectivity index (χ3v) is 1.37. The summed E-state index contributed by atoms with van der Waals surface area (Å²) in [6.07, 6.45) is 4.90. The molecule has 0 aliphatic rings. The average molecular weight is 257 g/mol. The summed E-state index contributed by atoms with van der Waals surface area (Å²) in [5, 5.41) is 4.94. The third-order valence-electron chi connectivity index (χ3n) is 0.800. The molecule has 6 heteroatoms. The SMILES string of the molecule is C#CCNC(=S)NCC(F)(F)Br. The summed E-state index contributed by atoms with van der Waals surface area (Å²) in [5.74, 6) is 2.26. The summed E-state index contributed by atoms with van der Waals surface area (Å²) in [5.41, 5.74) is 0. The van der Waals surface area contributed by atoms with Gasteiger partial charge in [-0.05, 0) is 28.1 Å². The van der Waals surface area contributed by atoms with Gasteiger partial charge in [0.1, 0.15) is 0 Å². The van der Waals surface area contributed by atoms with Crippen LogP contribution in [0.3, 0.4) is 0 Å². The smallest absolute Gasteiger partial charge is 0.318 e. The van der Waals surface area contributed by atoms with Gasteiger partial charge in [0.2, 0.25) is 0 Å². The molecule has 0 aliphatic heterocycles. The molecule has 2 nitrogen and oxygen atoms in total. The van der Waals surface area contributed by atoms with Crippen molar-refractivity contribution < 1.29 is 8.78 Å². The zero-order valence-corrected chi connectivity index (χ0v) is 8.44. The fraction of sp³-hybridized carbons (Fsp3) is 0.500. The van der Waals surface area contributed by atoms with Crippen molar-refractivity contribution in [2.45, 2.75) is 4.83 Å². The number of alkyl halides is 3. The van der Waals surface area contributed by atoms with Gasteiger partial charge in [0.15, 0.2) is 5.11 Å². The lowest BCUT2D eigenvalue weighted by Crippen LogP contribution is -2.40. The summed E-state index contributed by atoms with van der Waals surface area (Å²) in [4.78, 5) is -2.95. The Morgan fingerprint density at radius 2 is 2.17 bits per heavy atom. The minimum atomic E-state index is -2.95. The van der Waals surface area contributed by atoms with Crippen LogP contribution in [-0.4, -0.2) is 23.0 Å². The molecule has 0 aromatic carbocycles. The van der Waals surface area contributed by atoms with Crippen molar-refractivity contribution in [2.24, 2.45) is 0 Å². The Morgan fingerprint density at radius 1 is 1.58 bits per heavy atom. The van der Waals surface area contributed by atoms with Gasteiger partial charge in [0, 0.05) is 0 Å². The first kappa shape index (κ1) is 11.6. The fourth-order valence-corrected chi connectivity index (χ4v) is 0.659. The molecule has 12 heavy (non-hydrogen) atoms. The van der Waals surface area contributed by atoms with E-state index >= 15 is 0 Å². The van der Waals surface area contributed by atoms with E-state index in [2.05, 4.69) is 44.7 Å². The summed E-state index contributed by atoms with van der Waals surface area (Å²) in [6, 6.07) is 0. The summed E-state index contributed by atoms with van der Waals surface area (Å²) < 4.78 is 24.3. The number of hydrogen-bond acceptors (Lipinski definition) is 1. The molecule has 0 heterocycles. The molecule has 0 atom stereocenters. The Balaban J connectivity index is 3.53. The molecular formula is C6H7BrF2N2S. The first-order chi connectivity index (χ1) is 5.45. The zero-order chi connectivity index (χ0) is 9.61. The number of terminal acetylenes is 1. The van der Waals surface area contributed by atoms with E-state index in [0.717, 1.165) is 0 Å². The van der Waals surface area contributed by atoms with Crippen molar-refractivity contribution in [3.8, 4) is 12.3 Å². The van der Waals surface area contributed by atoms with Crippen LogP contribution < -0.4 is 10.6 Å². The van der Waals surface area contributed by atoms with Crippen LogP contribution in [0, 0.1) is 12.3 Å². The average Bonchev–Trinajstić information content (AvgIpc) is 1.95. The van der Waals surface area contributed by atoms with Crippen molar-refractivity contribution in [1.29, 1.82) is 0 Å². The van der Waals surface area contributed by atoms with E-state index in [4.69, 9.17) is 6.42 Å². The maximum Gasteiger partial charge on any atom is 0.318 e. The van der Waals surface area contributed by atoms with E-state index in [-0.39, 0.29) is 11.7 Å². The molecule has 0 aromatic heterocycles. The van der Waals surface area contributed by atoms with E-state index in [9.17, 15) is 8.78 Å². The monoisotopic (exact) mass is 256 g/mol. The molecular weight excluding hydrogens is 250 g/mol. The lowest BCUT2D eigenvalue weighted by molar-refractivity contribution is 0.119. The van der Waals surface area contributed by atoms with Crippen LogP contribution in [0.4, 0.5) is 8.78 Å². The highest BCUT2D eigenvalue weighted by Gasteiger charge is 2.23. The molecule has 0 unspecified atom stereocenters. The Hall–Kier alpha value is -0.410. The van der Waals surface area contributed by atoms with Crippen LogP contribution >= 0.6 is 28.1 Å². The fourth-order valence-electron chi connectivity index (χ4n) is 0.374. The zero-order valence-electron chi connectivity index (χ0n) is 6.03. The van der Waals surface area contributed by atoms with E-state index < -0.39 is 11.4 Å². The molecule has 0 bridgehead atoms. The Labute approximate surface area is 83.2 Å². The van der Waals surface area contributed by atoms with Crippen LogP contribution in [0.1, 0.15) is 0 Å². The third kappa shape index (κ3) is 7.69. The molecule has 0 rings (SSSR count). The second-order valence-corrected chi connectivity index (χ2v) is 3.42. The molecule has 0 radical (unpaired) electrons. The number of hydrogen-bond donors (Lipinski definition) is 2. The minimum absolute atomic E-state index is 0.118. The second-order valence-electron chi connectivity index (χ2n) is 1.86. The Bertz CT molecular complexity index is 197. The number of rotatable bonds is 3. The molecule has 0 saturated carbocycles. The summed E-state index contributed by atoms with van der Waals surface area (Å²) in [6.45, 7) is -0.344. The van der Waals surface area contributed by atoms with Crippen molar-refractivity contribution in [2.75, 3.05) is 13.1 Å². The quantitative estimate of drug-likeness (QED) is 0.449. The topological polar surface area (TPSA) is 24.1 Å². The maximum atomic E-state index is 12.1. The minimum Gasteiger partial charge on any atom is -0.356 e. The van der Waals surface area contributed by atoms with Crippen LogP contribution in [0.15, 0.2) is 0 Å². The molecule has 0 saturated heterocycles. The van der Waals surface area contributed by atoms with Gasteiger partial charge in [-0.25, -0.2) is 0 Å². The van der Waals surface area contributed by atoms with Gasteiger partial charge in [-0.1, -0.05) is 5.92 Å². The standard InChI is InChI=1S/C6H7BrF2N2S/c1-2-3-10-5(12)11-4-6(7,8)9/h1H,3-4H2,(H2,10,11,12). The van der Waals surface area contributed by atoms with Gasteiger partial charge in [0.05, 0.1) is 13.1 Å². The number of thiocarbonyl (C=S) groups is 1. The van der Waals surface area contributed by atoms with Gasteiger partial charge in [-0.3, -0.25) is 0 Å². The highest BCUT2D eigenvalue weighted by atomic mass is 79.9. The second kappa shape index (κ2) is 5.27. The van der Waals surface area contributed by atoms with E-state index in [1.807, 2.05) is 0 Å². The van der Waals surface area contributed by atoms with Crippen LogP contribution in [0.25, 0.3) is 0 Å². The van der Waals surface area contributed by atoms with Gasteiger partial charge in [0.25, 0.3) is 0 Å². The molecule has 0 amide bonds. The lowest BCUT2D eigenvalue weighted by Gasteiger charge is -2.11. The summed E-state index contributed by atoms with van der Waals surface area (Å²) in [7, 11) is 0. The Kier molecular flexibility index (Phi) is 5.09. The normalized spacial score (nSPS) is 10.2. The van der Waals surface area contributed by atoms with Crippen LogP contribution in [-0.2, 0) is 0 Å². The van der Waals surface area contributed by atoms with Gasteiger partial charge in [-0.15, -0.1) is 6.42 Å². The Morgan fingerprint density at radius 3 is 2.58 bits per heavy atom. The number of halogens is 3. The van der Waals surface area contributed by atoms with Crippen LogP contribution in [0.5, 0.6) is 0 Å². The molecule has 2 N–H and O–H groups in total. The van der Waals surface area contributed by atoms with Gasteiger partial charge < -0.3 is 10.6 Å². The van der Waals surface area contributed by atoms with Crippen LogP contribution in [0.2, 0.25) is 0 Å². The van der Waals surface area contributed by atoms with E-state index in [1.54, 1.807) is 0 Å². The van der Waals surface area contributed by atoms with Crippen molar-refractivity contribution in [1.82, 2.24) is 10.6 Å². The molecule has 0 aromatic rings. The molecule has 68 valence electrons. The van der Waals surface area contributed by atoms with Crippen molar-refractivity contribution >= 4 is 33.3 Å². The highest BCUT2D eigenvalue weighted by molar-refractivity contribution is 9.10. The van der Waals surface area contributed by atoms with E-state index in [1.165, 1.54) is 0 Å². The first-order valence-corrected chi connectivity index (χ1v) is 4.18. The molecule has 0 spiro atoms. The largest absolute Gasteiger partial charge is 0.356 e. The lowest BCUT2D eigenvalue weighted by atomic mass is 10.6. The molecule has 0 aliphatic carbocycles. The predicted molar refractivity (Wildman–Crippen MR) is 51.3 cm³/mol. The highest BCUT2D eigenvalue weighted by Crippen LogP contribution is 2.19. The first-order valence-electron chi connectivity index (χ1n) is 2.97. The van der Waals surface area contributed by atoms with Crippen molar-refractivity contribution in [3.05, 3.63) is 0 Å². The molecule has 0 fully saturated rings. The predicted octanol–water partition coefficient (Wildman–Crippen LogP) is 1.07. The number of nitrogens with one attached hydrogen (secondary N) is 2. The van der Waals surface area contributed by atoms with Gasteiger partial charge in [-0.2, -0.15) is 8.78 Å². The maximum absolute atomic E-state index is 12.1. The summed E-state index contributed by atoms with van der Waals surface area (Å²) >= 11 is 6.77. The van der Waals surface area contributed by atoms with Crippen molar-refractivity contribution in [3.63, 3.8) is 0 Å². The van der Waals surface area contributed by atoms with E-state index in [0.29, 0.717) is 0 Å².